The fourth-order valence-electron chi connectivity index (χ4n) is 1.72. The van der Waals surface area contributed by atoms with Crippen molar-refractivity contribution in [1.82, 2.24) is 0 Å². The van der Waals surface area contributed by atoms with E-state index in [1.54, 1.807) is 12.1 Å². The molecule has 1 aliphatic carbocycles. The lowest BCUT2D eigenvalue weighted by Gasteiger charge is -2.14. The maximum Gasteiger partial charge on any atom is 0.123 e. The molecule has 0 saturated heterocycles. The molecule has 2 nitrogen and oxygen atoms in total. The third-order valence-electron chi connectivity index (χ3n) is 2.99. The maximum atomic E-state index is 12.6. The molecular weight excluding hydrogens is 193 g/mol. The highest BCUT2D eigenvalue weighted by Gasteiger charge is 2.42. The smallest absolute Gasteiger partial charge is 0.123 e. The van der Waals surface area contributed by atoms with Crippen molar-refractivity contribution in [2.45, 2.75) is 19.3 Å². The quantitative estimate of drug-likeness (QED) is 0.807. The van der Waals surface area contributed by atoms with Crippen molar-refractivity contribution in [3.05, 3.63) is 30.1 Å². The Kier molecular flexibility index (Phi) is 2.91. The minimum atomic E-state index is -0.231. The summed E-state index contributed by atoms with van der Waals surface area (Å²) < 4.78 is 18.2. The number of hydrogen-bond donors (Lipinski definition) is 1. The molecule has 1 aromatic carbocycles. The summed E-state index contributed by atoms with van der Waals surface area (Å²) in [5, 5.41) is 0. The lowest BCUT2D eigenvalue weighted by Crippen LogP contribution is -2.17. The molecule has 0 heterocycles. The Balaban J connectivity index is 1.85. The highest BCUT2D eigenvalue weighted by molar-refractivity contribution is 5.22. The van der Waals surface area contributed by atoms with Gasteiger partial charge in [-0.3, -0.25) is 0 Å². The molecule has 82 valence electrons. The Morgan fingerprint density at radius 1 is 1.27 bits per heavy atom. The Bertz CT molecular complexity index is 319. The zero-order valence-electron chi connectivity index (χ0n) is 8.71. The van der Waals surface area contributed by atoms with Crippen molar-refractivity contribution in [2.24, 2.45) is 11.1 Å². The lowest BCUT2D eigenvalue weighted by atomic mass is 10.0. The standard InChI is InChI=1S/C12H16FNO/c13-10-1-3-11(4-2-10)15-9-12(5-6-12)7-8-14/h1-4H,5-9,14H2. The van der Waals surface area contributed by atoms with E-state index in [-0.39, 0.29) is 5.82 Å². The summed E-state index contributed by atoms with van der Waals surface area (Å²) in [4.78, 5) is 0. The monoisotopic (exact) mass is 209 g/mol. The van der Waals surface area contributed by atoms with Gasteiger partial charge in [-0.25, -0.2) is 4.39 Å². The van der Waals surface area contributed by atoms with Crippen LogP contribution < -0.4 is 10.5 Å². The van der Waals surface area contributed by atoms with Crippen molar-refractivity contribution in [1.29, 1.82) is 0 Å². The van der Waals surface area contributed by atoms with Gasteiger partial charge in [-0.05, 0) is 50.1 Å². The predicted molar refractivity (Wildman–Crippen MR) is 57.2 cm³/mol. The molecule has 3 heteroatoms. The van der Waals surface area contributed by atoms with Gasteiger partial charge in [-0.2, -0.15) is 0 Å². The van der Waals surface area contributed by atoms with Gasteiger partial charge in [0, 0.05) is 5.41 Å². The van der Waals surface area contributed by atoms with E-state index in [1.807, 2.05) is 0 Å². The molecule has 1 fully saturated rings. The minimum absolute atomic E-state index is 0.231. The molecule has 2 rings (SSSR count). The summed E-state index contributed by atoms with van der Waals surface area (Å²) in [5.74, 6) is 0.505. The first-order chi connectivity index (χ1) is 7.24. The number of benzene rings is 1. The summed E-state index contributed by atoms with van der Waals surface area (Å²) >= 11 is 0. The molecule has 1 aliphatic rings. The van der Waals surface area contributed by atoms with Crippen LogP contribution in [-0.4, -0.2) is 13.2 Å². The van der Waals surface area contributed by atoms with Gasteiger partial charge in [0.1, 0.15) is 11.6 Å². The number of ether oxygens (including phenoxy) is 1. The summed E-state index contributed by atoms with van der Waals surface area (Å²) in [5.41, 5.74) is 5.85. The molecule has 0 radical (unpaired) electrons. The third kappa shape index (κ3) is 2.69. The first-order valence-corrected chi connectivity index (χ1v) is 5.33. The van der Waals surface area contributed by atoms with Crippen LogP contribution in [-0.2, 0) is 0 Å². The zero-order valence-corrected chi connectivity index (χ0v) is 8.71. The molecule has 1 saturated carbocycles. The van der Waals surface area contributed by atoms with Crippen molar-refractivity contribution >= 4 is 0 Å². The highest BCUT2D eigenvalue weighted by Crippen LogP contribution is 2.48. The molecule has 0 spiro atoms. The minimum Gasteiger partial charge on any atom is -0.493 e. The number of halogens is 1. The van der Waals surface area contributed by atoms with Crippen LogP contribution in [0.5, 0.6) is 5.75 Å². The Morgan fingerprint density at radius 2 is 1.93 bits per heavy atom. The zero-order chi connectivity index (χ0) is 10.7. The first kappa shape index (κ1) is 10.4. The van der Waals surface area contributed by atoms with Crippen LogP contribution in [0.3, 0.4) is 0 Å². The van der Waals surface area contributed by atoms with Crippen LogP contribution in [0, 0.1) is 11.2 Å². The van der Waals surface area contributed by atoms with E-state index in [0.29, 0.717) is 18.6 Å². The second kappa shape index (κ2) is 4.19. The Morgan fingerprint density at radius 3 is 2.47 bits per heavy atom. The van der Waals surface area contributed by atoms with Gasteiger partial charge < -0.3 is 10.5 Å². The lowest BCUT2D eigenvalue weighted by molar-refractivity contribution is 0.227. The van der Waals surface area contributed by atoms with Crippen molar-refractivity contribution < 1.29 is 9.13 Å². The van der Waals surface area contributed by atoms with E-state index in [9.17, 15) is 4.39 Å². The van der Waals surface area contributed by atoms with E-state index in [4.69, 9.17) is 10.5 Å². The number of rotatable bonds is 5. The van der Waals surface area contributed by atoms with Gasteiger partial charge in [0.05, 0.1) is 6.61 Å². The average Bonchev–Trinajstić information content (AvgIpc) is 2.99. The van der Waals surface area contributed by atoms with E-state index in [2.05, 4.69) is 0 Å². The second-order valence-electron chi connectivity index (χ2n) is 4.28. The SMILES string of the molecule is NCCC1(COc2ccc(F)cc2)CC1. The first-order valence-electron chi connectivity index (χ1n) is 5.33. The van der Waals surface area contributed by atoms with E-state index in [0.717, 1.165) is 12.2 Å². The molecular formula is C12H16FNO. The van der Waals surface area contributed by atoms with E-state index in [1.165, 1.54) is 25.0 Å². The molecule has 0 amide bonds. The van der Waals surface area contributed by atoms with Crippen molar-refractivity contribution in [2.75, 3.05) is 13.2 Å². The third-order valence-corrected chi connectivity index (χ3v) is 2.99. The van der Waals surface area contributed by atoms with Crippen LogP contribution in [0.15, 0.2) is 24.3 Å². The number of nitrogens with two attached hydrogens (primary N) is 1. The number of hydrogen-bond acceptors (Lipinski definition) is 2. The van der Waals surface area contributed by atoms with Crippen LogP contribution in [0.1, 0.15) is 19.3 Å². The normalized spacial score (nSPS) is 17.5. The van der Waals surface area contributed by atoms with Gasteiger partial charge >= 0.3 is 0 Å². The van der Waals surface area contributed by atoms with Crippen LogP contribution in [0.25, 0.3) is 0 Å². The molecule has 1 aromatic rings. The topological polar surface area (TPSA) is 35.2 Å². The Labute approximate surface area is 89.2 Å². The molecule has 2 N–H and O–H groups in total. The van der Waals surface area contributed by atoms with E-state index >= 15 is 0 Å². The Hall–Kier alpha value is -1.09. The summed E-state index contributed by atoms with van der Waals surface area (Å²) in [7, 11) is 0. The van der Waals surface area contributed by atoms with Gasteiger partial charge in [0.25, 0.3) is 0 Å². The fraction of sp³-hybridized carbons (Fsp3) is 0.500. The van der Waals surface area contributed by atoms with Crippen LogP contribution in [0.4, 0.5) is 4.39 Å². The van der Waals surface area contributed by atoms with Crippen molar-refractivity contribution in [3.8, 4) is 5.75 Å². The van der Waals surface area contributed by atoms with Gasteiger partial charge in [0.2, 0.25) is 0 Å². The largest absolute Gasteiger partial charge is 0.493 e. The molecule has 0 bridgehead atoms. The van der Waals surface area contributed by atoms with Crippen LogP contribution >= 0.6 is 0 Å². The predicted octanol–water partition coefficient (Wildman–Crippen LogP) is 2.33. The summed E-state index contributed by atoms with van der Waals surface area (Å²) in [6, 6.07) is 6.15. The van der Waals surface area contributed by atoms with Gasteiger partial charge in [-0.15, -0.1) is 0 Å². The second-order valence-corrected chi connectivity index (χ2v) is 4.28. The van der Waals surface area contributed by atoms with Crippen LogP contribution in [0.2, 0.25) is 0 Å². The van der Waals surface area contributed by atoms with Crippen molar-refractivity contribution in [3.63, 3.8) is 0 Å². The van der Waals surface area contributed by atoms with Gasteiger partial charge in [-0.1, -0.05) is 0 Å². The molecule has 0 atom stereocenters. The maximum absolute atomic E-state index is 12.6. The highest BCUT2D eigenvalue weighted by atomic mass is 19.1. The molecule has 0 aliphatic heterocycles. The molecule has 0 unspecified atom stereocenters. The summed E-state index contributed by atoms with van der Waals surface area (Å²) in [6.45, 7) is 1.42. The molecule has 15 heavy (non-hydrogen) atoms. The summed E-state index contributed by atoms with van der Waals surface area (Å²) in [6.07, 6.45) is 3.42. The molecule has 0 aromatic heterocycles. The van der Waals surface area contributed by atoms with E-state index < -0.39 is 0 Å². The fourth-order valence-corrected chi connectivity index (χ4v) is 1.72. The van der Waals surface area contributed by atoms with Gasteiger partial charge in [0.15, 0.2) is 0 Å². The average molecular weight is 209 g/mol.